The predicted octanol–water partition coefficient (Wildman–Crippen LogP) is 1.86. The van der Waals surface area contributed by atoms with E-state index in [0.717, 1.165) is 28.4 Å². The fourth-order valence-electron chi connectivity index (χ4n) is 2.49. The molecule has 2 nitrogen and oxygen atoms in total. The fraction of sp³-hybridized carbons (Fsp3) is 0.0667. The van der Waals surface area contributed by atoms with Crippen molar-refractivity contribution in [3.05, 3.63) is 65.0 Å². The molecule has 1 aliphatic carbocycles. The quantitative estimate of drug-likeness (QED) is 0.662. The van der Waals surface area contributed by atoms with Gasteiger partial charge in [0, 0.05) is 16.8 Å². The van der Waals surface area contributed by atoms with Crippen LogP contribution in [-0.2, 0) is 0 Å². The molecule has 0 spiro atoms. The van der Waals surface area contributed by atoms with Crippen molar-refractivity contribution in [1.29, 1.82) is 0 Å². The fourth-order valence-corrected chi connectivity index (χ4v) is 2.49. The summed E-state index contributed by atoms with van der Waals surface area (Å²) in [6.07, 6.45) is 9.23. The maximum Gasteiger partial charge on any atom is 0.0822 e. The highest BCUT2D eigenvalue weighted by molar-refractivity contribution is 5.81. The van der Waals surface area contributed by atoms with Crippen LogP contribution in [0.4, 0.5) is 0 Å². The topological polar surface area (TPSA) is 25.2 Å². The van der Waals surface area contributed by atoms with E-state index in [-0.39, 0.29) is 0 Å². The van der Waals surface area contributed by atoms with Gasteiger partial charge in [-0.1, -0.05) is 30.4 Å². The van der Waals surface area contributed by atoms with Crippen LogP contribution in [0.1, 0.15) is 6.42 Å². The summed E-state index contributed by atoms with van der Waals surface area (Å²) in [6, 6.07) is 8.18. The summed E-state index contributed by atoms with van der Waals surface area (Å²) in [7, 11) is 0. The second kappa shape index (κ2) is 3.14. The molecule has 0 fully saturated rings. The van der Waals surface area contributed by atoms with Gasteiger partial charge in [0.05, 0.1) is 16.6 Å². The Hall–Kier alpha value is -2.22. The van der Waals surface area contributed by atoms with Crippen molar-refractivity contribution in [2.45, 2.75) is 6.42 Å². The van der Waals surface area contributed by atoms with Crippen molar-refractivity contribution in [2.24, 2.45) is 4.99 Å². The molecule has 17 heavy (non-hydrogen) atoms. The number of para-hydroxylation sites is 1. The molecule has 4 rings (SSSR count). The molecule has 0 saturated heterocycles. The van der Waals surface area contributed by atoms with Crippen LogP contribution in [0.5, 0.6) is 0 Å². The molecule has 0 atom stereocenters. The zero-order valence-corrected chi connectivity index (χ0v) is 9.22. The average molecular weight is 218 g/mol. The van der Waals surface area contributed by atoms with Crippen LogP contribution in [0.25, 0.3) is 16.5 Å². The molecule has 1 aromatic heterocycles. The Morgan fingerprint density at radius 2 is 2.06 bits per heavy atom. The van der Waals surface area contributed by atoms with Gasteiger partial charge in [0.25, 0.3) is 0 Å². The number of rotatable bonds is 0. The summed E-state index contributed by atoms with van der Waals surface area (Å²) < 4.78 is 0. The minimum absolute atomic E-state index is 0.961. The molecule has 80 valence electrons. The summed E-state index contributed by atoms with van der Waals surface area (Å²) in [6.45, 7) is 0. The Labute approximate surface area is 98.3 Å². The molecule has 0 amide bonds. The van der Waals surface area contributed by atoms with Crippen LogP contribution in [-0.4, -0.2) is 4.98 Å². The Morgan fingerprint density at radius 1 is 1.12 bits per heavy atom. The normalized spacial score (nSPS) is 16.5. The Balaban J connectivity index is 2.25. The number of fused-ring (bicyclic) bond motifs is 4. The molecule has 0 bridgehead atoms. The molecule has 2 aromatic rings. The van der Waals surface area contributed by atoms with Crippen LogP contribution >= 0.6 is 0 Å². The van der Waals surface area contributed by atoms with Crippen molar-refractivity contribution in [3.63, 3.8) is 0 Å². The van der Waals surface area contributed by atoms with Gasteiger partial charge in [0.1, 0.15) is 0 Å². The molecular weight excluding hydrogens is 208 g/mol. The van der Waals surface area contributed by atoms with Gasteiger partial charge in [0.15, 0.2) is 0 Å². The molecule has 0 unspecified atom stereocenters. The molecular formula is C15H10N2. The number of hydrogen-bond acceptors (Lipinski definition) is 2. The van der Waals surface area contributed by atoms with Gasteiger partial charge < -0.3 is 0 Å². The number of hydrogen-bond donors (Lipinski definition) is 0. The maximum absolute atomic E-state index is 4.73. The van der Waals surface area contributed by atoms with E-state index >= 15 is 0 Å². The lowest BCUT2D eigenvalue weighted by atomic mass is 10.0. The molecule has 2 heteroatoms. The SMILES string of the molecule is C1=CCC2=c3cnc4ccccc4c3=NC2=C1. The van der Waals surface area contributed by atoms with Crippen LogP contribution < -0.4 is 10.6 Å². The van der Waals surface area contributed by atoms with Crippen LogP contribution in [0.3, 0.4) is 0 Å². The van der Waals surface area contributed by atoms with E-state index < -0.39 is 0 Å². The van der Waals surface area contributed by atoms with Crippen molar-refractivity contribution >= 4 is 16.5 Å². The lowest BCUT2D eigenvalue weighted by molar-refractivity contribution is 1.28. The minimum atomic E-state index is 0.961. The van der Waals surface area contributed by atoms with E-state index in [2.05, 4.69) is 29.3 Å². The van der Waals surface area contributed by atoms with Gasteiger partial charge in [-0.05, 0) is 24.1 Å². The molecule has 2 aliphatic rings. The highest BCUT2D eigenvalue weighted by Gasteiger charge is 2.15. The van der Waals surface area contributed by atoms with Crippen molar-refractivity contribution in [1.82, 2.24) is 4.98 Å². The van der Waals surface area contributed by atoms with Gasteiger partial charge >= 0.3 is 0 Å². The maximum atomic E-state index is 4.73. The van der Waals surface area contributed by atoms with E-state index in [4.69, 9.17) is 4.99 Å². The number of benzene rings is 1. The largest absolute Gasteiger partial charge is 0.255 e. The van der Waals surface area contributed by atoms with Crippen molar-refractivity contribution in [2.75, 3.05) is 0 Å². The monoisotopic (exact) mass is 218 g/mol. The lowest BCUT2D eigenvalue weighted by Crippen LogP contribution is -2.24. The van der Waals surface area contributed by atoms with Gasteiger partial charge in [0.2, 0.25) is 0 Å². The summed E-state index contributed by atoms with van der Waals surface area (Å²) in [4.78, 5) is 9.25. The summed E-state index contributed by atoms with van der Waals surface area (Å²) in [5, 5.41) is 3.42. The van der Waals surface area contributed by atoms with E-state index in [1.54, 1.807) is 0 Å². The molecule has 0 radical (unpaired) electrons. The molecule has 1 aliphatic heterocycles. The molecule has 1 aromatic carbocycles. The Kier molecular flexibility index (Phi) is 1.64. The predicted molar refractivity (Wildman–Crippen MR) is 67.8 cm³/mol. The van der Waals surface area contributed by atoms with Gasteiger partial charge in [-0.15, -0.1) is 0 Å². The summed E-state index contributed by atoms with van der Waals surface area (Å²) in [5.41, 5.74) is 3.42. The third kappa shape index (κ3) is 1.15. The van der Waals surface area contributed by atoms with Crippen LogP contribution in [0, 0.1) is 0 Å². The first kappa shape index (κ1) is 8.88. The van der Waals surface area contributed by atoms with E-state index in [1.807, 2.05) is 24.4 Å². The zero-order chi connectivity index (χ0) is 11.2. The molecule has 2 heterocycles. The first-order chi connectivity index (χ1) is 8.43. The first-order valence-electron chi connectivity index (χ1n) is 5.76. The van der Waals surface area contributed by atoms with Gasteiger partial charge in [-0.25, -0.2) is 4.99 Å². The number of allylic oxidation sites excluding steroid dienone is 4. The highest BCUT2D eigenvalue weighted by atomic mass is 14.8. The standard InChI is InChI=1S/C15H10N2/c1-4-8-14-10(5-1)12-9-16-13-7-3-2-6-11(13)15(12)17-14/h1-4,6-9H,5H2. The van der Waals surface area contributed by atoms with Crippen molar-refractivity contribution in [3.8, 4) is 0 Å². The number of pyridine rings is 1. The van der Waals surface area contributed by atoms with E-state index in [9.17, 15) is 0 Å². The van der Waals surface area contributed by atoms with Crippen molar-refractivity contribution < 1.29 is 0 Å². The third-order valence-corrected chi connectivity index (χ3v) is 3.33. The average Bonchev–Trinajstić information content (AvgIpc) is 2.78. The Morgan fingerprint density at radius 3 is 3.06 bits per heavy atom. The zero-order valence-electron chi connectivity index (χ0n) is 9.22. The summed E-state index contributed by atoms with van der Waals surface area (Å²) >= 11 is 0. The first-order valence-corrected chi connectivity index (χ1v) is 5.76. The second-order valence-electron chi connectivity index (χ2n) is 4.31. The molecule has 0 N–H and O–H groups in total. The number of aromatic nitrogens is 1. The highest BCUT2D eigenvalue weighted by Crippen LogP contribution is 2.22. The van der Waals surface area contributed by atoms with Crippen LogP contribution in [0.15, 0.2) is 59.4 Å². The van der Waals surface area contributed by atoms with E-state index in [1.165, 1.54) is 10.8 Å². The number of nitrogens with zero attached hydrogens (tertiary/aromatic N) is 2. The van der Waals surface area contributed by atoms with Gasteiger partial charge in [-0.2, -0.15) is 0 Å². The lowest BCUT2D eigenvalue weighted by Gasteiger charge is -2.03. The summed E-state index contributed by atoms with van der Waals surface area (Å²) in [5.74, 6) is 0. The second-order valence-corrected chi connectivity index (χ2v) is 4.31. The van der Waals surface area contributed by atoms with E-state index in [0.29, 0.717) is 0 Å². The van der Waals surface area contributed by atoms with Gasteiger partial charge in [-0.3, -0.25) is 4.98 Å². The molecule has 0 saturated carbocycles. The Bertz CT molecular complexity index is 810. The van der Waals surface area contributed by atoms with Crippen LogP contribution in [0.2, 0.25) is 0 Å². The third-order valence-electron chi connectivity index (χ3n) is 3.33. The minimum Gasteiger partial charge on any atom is -0.255 e. The smallest absolute Gasteiger partial charge is 0.0822 e.